The van der Waals surface area contributed by atoms with Crippen molar-refractivity contribution < 1.29 is 14.6 Å². The molecule has 1 aliphatic heterocycles. The SMILES string of the molecule is C[C@@](C#N)(NC(=O)C[NH+]1CC[NH+](Cc2ccc(Br)s2)CC1)C1CC1. The van der Waals surface area contributed by atoms with Gasteiger partial charge in [-0.15, -0.1) is 11.3 Å². The first-order valence-electron chi connectivity index (χ1n) is 8.62. The lowest BCUT2D eigenvalue weighted by Crippen LogP contribution is -3.28. The van der Waals surface area contributed by atoms with E-state index in [0.29, 0.717) is 12.5 Å². The first kappa shape index (κ1) is 17.9. The number of hydrogen-bond acceptors (Lipinski definition) is 3. The Kier molecular flexibility index (Phi) is 5.60. The van der Waals surface area contributed by atoms with Gasteiger partial charge in [0.25, 0.3) is 5.91 Å². The van der Waals surface area contributed by atoms with Crippen molar-refractivity contribution in [3.8, 4) is 6.07 Å². The zero-order valence-electron chi connectivity index (χ0n) is 14.0. The van der Waals surface area contributed by atoms with Gasteiger partial charge in [0.2, 0.25) is 0 Å². The van der Waals surface area contributed by atoms with Crippen LogP contribution in [0.4, 0.5) is 0 Å². The number of nitriles is 1. The molecule has 0 spiro atoms. The summed E-state index contributed by atoms with van der Waals surface area (Å²) in [6, 6.07) is 6.59. The molecule has 1 saturated heterocycles. The fourth-order valence-corrected chi connectivity index (χ4v) is 5.00. The summed E-state index contributed by atoms with van der Waals surface area (Å²) in [6.07, 6.45) is 2.11. The summed E-state index contributed by atoms with van der Waals surface area (Å²) >= 11 is 5.32. The van der Waals surface area contributed by atoms with Crippen LogP contribution in [0.5, 0.6) is 0 Å². The van der Waals surface area contributed by atoms with Crippen LogP contribution in [-0.4, -0.2) is 44.2 Å². The summed E-state index contributed by atoms with van der Waals surface area (Å²) < 4.78 is 1.19. The van der Waals surface area contributed by atoms with Gasteiger partial charge < -0.3 is 15.1 Å². The van der Waals surface area contributed by atoms with Crippen molar-refractivity contribution in [1.82, 2.24) is 5.32 Å². The van der Waals surface area contributed by atoms with Crippen LogP contribution < -0.4 is 15.1 Å². The minimum atomic E-state index is -0.670. The van der Waals surface area contributed by atoms with Gasteiger partial charge in [-0.2, -0.15) is 5.26 Å². The number of amides is 1. The molecular formula is C17H25BrN4OS+2. The number of quaternary nitrogens is 2. The van der Waals surface area contributed by atoms with Crippen LogP contribution in [0.15, 0.2) is 15.9 Å². The molecule has 7 heteroatoms. The molecule has 3 rings (SSSR count). The van der Waals surface area contributed by atoms with Crippen molar-refractivity contribution in [2.45, 2.75) is 31.8 Å². The predicted octanol–water partition coefficient (Wildman–Crippen LogP) is -0.398. The molecule has 0 radical (unpaired) electrons. The second-order valence-corrected chi connectivity index (χ2v) is 9.74. The Morgan fingerprint density at radius 1 is 1.38 bits per heavy atom. The molecule has 1 aromatic heterocycles. The van der Waals surface area contributed by atoms with Crippen LogP contribution in [0.25, 0.3) is 0 Å². The summed E-state index contributed by atoms with van der Waals surface area (Å²) in [7, 11) is 0. The van der Waals surface area contributed by atoms with E-state index in [9.17, 15) is 10.1 Å². The highest BCUT2D eigenvalue weighted by Crippen LogP contribution is 2.39. The number of carbonyl (C=O) groups is 1. The number of nitrogens with one attached hydrogen (secondary N) is 3. The molecule has 2 aliphatic rings. The average molecular weight is 413 g/mol. The van der Waals surface area contributed by atoms with Gasteiger partial charge in [-0.3, -0.25) is 4.79 Å². The molecule has 130 valence electrons. The van der Waals surface area contributed by atoms with E-state index < -0.39 is 5.54 Å². The van der Waals surface area contributed by atoms with Gasteiger partial charge in [-0.05, 0) is 53.7 Å². The molecule has 2 heterocycles. The Morgan fingerprint density at radius 2 is 2.04 bits per heavy atom. The highest BCUT2D eigenvalue weighted by atomic mass is 79.9. The Morgan fingerprint density at radius 3 is 2.58 bits per heavy atom. The molecule has 0 bridgehead atoms. The van der Waals surface area contributed by atoms with Gasteiger partial charge in [0.15, 0.2) is 6.54 Å². The van der Waals surface area contributed by atoms with Crippen LogP contribution >= 0.6 is 27.3 Å². The smallest absolute Gasteiger partial charge is 0.276 e. The van der Waals surface area contributed by atoms with E-state index in [-0.39, 0.29) is 5.91 Å². The highest BCUT2D eigenvalue weighted by Gasteiger charge is 2.43. The van der Waals surface area contributed by atoms with Crippen molar-refractivity contribution in [3.63, 3.8) is 0 Å². The lowest BCUT2D eigenvalue weighted by molar-refractivity contribution is -1.01. The average Bonchev–Trinajstić information content (AvgIpc) is 3.33. The van der Waals surface area contributed by atoms with E-state index in [1.165, 1.54) is 13.6 Å². The molecule has 24 heavy (non-hydrogen) atoms. The van der Waals surface area contributed by atoms with E-state index in [1.807, 2.05) is 6.92 Å². The summed E-state index contributed by atoms with van der Waals surface area (Å²) in [5.41, 5.74) is -0.670. The fourth-order valence-electron chi connectivity index (χ4n) is 3.45. The Balaban J connectivity index is 1.42. The third-order valence-corrected chi connectivity index (χ3v) is 6.78. The Hall–Kier alpha value is -0.940. The fraction of sp³-hybridized carbons (Fsp3) is 0.647. The first-order valence-corrected chi connectivity index (χ1v) is 10.2. The molecule has 1 amide bonds. The Labute approximate surface area is 155 Å². The van der Waals surface area contributed by atoms with Gasteiger partial charge in [0.1, 0.15) is 38.3 Å². The largest absolute Gasteiger partial charge is 0.333 e. The van der Waals surface area contributed by atoms with Crippen LogP contribution in [0.3, 0.4) is 0 Å². The number of nitrogens with zero attached hydrogens (tertiary/aromatic N) is 1. The molecule has 0 unspecified atom stereocenters. The highest BCUT2D eigenvalue weighted by molar-refractivity contribution is 9.11. The molecule has 1 aromatic rings. The number of rotatable bonds is 6. The predicted molar refractivity (Wildman–Crippen MR) is 96.9 cm³/mol. The molecule has 0 aromatic carbocycles. The zero-order valence-corrected chi connectivity index (χ0v) is 16.4. The summed E-state index contributed by atoms with van der Waals surface area (Å²) in [5, 5.41) is 12.3. The van der Waals surface area contributed by atoms with Gasteiger partial charge in [-0.1, -0.05) is 0 Å². The van der Waals surface area contributed by atoms with Crippen molar-refractivity contribution in [2.24, 2.45) is 5.92 Å². The second-order valence-electron chi connectivity index (χ2n) is 7.20. The van der Waals surface area contributed by atoms with Crippen LogP contribution in [0.2, 0.25) is 0 Å². The molecule has 1 atom stereocenters. The monoisotopic (exact) mass is 412 g/mol. The lowest BCUT2D eigenvalue weighted by atomic mass is 9.98. The number of halogens is 1. The van der Waals surface area contributed by atoms with Crippen LogP contribution in [0.1, 0.15) is 24.6 Å². The first-order chi connectivity index (χ1) is 11.5. The number of carbonyl (C=O) groups excluding carboxylic acids is 1. The van der Waals surface area contributed by atoms with Gasteiger partial charge >= 0.3 is 0 Å². The maximum absolute atomic E-state index is 12.3. The van der Waals surface area contributed by atoms with E-state index in [1.54, 1.807) is 16.2 Å². The van der Waals surface area contributed by atoms with E-state index in [2.05, 4.69) is 39.4 Å². The Bertz CT molecular complexity index is 631. The third kappa shape index (κ3) is 4.57. The topological polar surface area (TPSA) is 61.8 Å². The van der Waals surface area contributed by atoms with Crippen molar-refractivity contribution in [3.05, 3.63) is 20.8 Å². The van der Waals surface area contributed by atoms with Crippen molar-refractivity contribution in [1.29, 1.82) is 5.26 Å². The molecule has 1 saturated carbocycles. The molecule has 1 aliphatic carbocycles. The quantitative estimate of drug-likeness (QED) is 0.595. The van der Waals surface area contributed by atoms with Crippen LogP contribution in [0, 0.1) is 17.2 Å². The number of thiophene rings is 1. The molecule has 5 nitrogen and oxygen atoms in total. The van der Waals surface area contributed by atoms with Gasteiger partial charge in [0, 0.05) is 0 Å². The standard InChI is InChI=1S/C17H23BrN4OS/c1-17(12-19,13-2-3-13)20-16(23)11-22-8-6-21(7-9-22)10-14-4-5-15(18)24-14/h4-5,13H,2-3,6-11H2,1H3,(H,20,23)/p+2/t17-/m0/s1. The van der Waals surface area contributed by atoms with Crippen molar-refractivity contribution >= 4 is 33.2 Å². The minimum absolute atomic E-state index is 0.0200. The van der Waals surface area contributed by atoms with E-state index in [4.69, 9.17) is 0 Å². The molecular weight excluding hydrogens is 388 g/mol. The maximum Gasteiger partial charge on any atom is 0.276 e. The van der Waals surface area contributed by atoms with Gasteiger partial charge in [0.05, 0.1) is 14.7 Å². The summed E-state index contributed by atoms with van der Waals surface area (Å²) in [4.78, 5) is 16.6. The summed E-state index contributed by atoms with van der Waals surface area (Å²) in [5.74, 6) is 0.361. The zero-order chi connectivity index (χ0) is 17.2. The van der Waals surface area contributed by atoms with Gasteiger partial charge in [-0.25, -0.2) is 0 Å². The maximum atomic E-state index is 12.3. The lowest BCUT2D eigenvalue weighted by Gasteiger charge is -2.30. The molecule has 2 fully saturated rings. The molecule has 3 N–H and O–H groups in total. The van der Waals surface area contributed by atoms with E-state index in [0.717, 1.165) is 45.6 Å². The van der Waals surface area contributed by atoms with Crippen molar-refractivity contribution in [2.75, 3.05) is 32.7 Å². The van der Waals surface area contributed by atoms with E-state index >= 15 is 0 Å². The minimum Gasteiger partial charge on any atom is -0.333 e. The summed E-state index contributed by atoms with van der Waals surface area (Å²) in [6.45, 7) is 7.64. The number of piperazine rings is 1. The normalized spacial score (nSPS) is 26.4. The second kappa shape index (κ2) is 7.52. The number of hydrogen-bond donors (Lipinski definition) is 3. The van der Waals surface area contributed by atoms with Crippen LogP contribution in [-0.2, 0) is 11.3 Å². The third-order valence-electron chi connectivity index (χ3n) is 5.15.